The van der Waals surface area contributed by atoms with E-state index in [1.54, 1.807) is 11.8 Å². The van der Waals surface area contributed by atoms with E-state index in [0.29, 0.717) is 0 Å². The summed E-state index contributed by atoms with van der Waals surface area (Å²) in [6.45, 7) is 0.812. The molecule has 0 saturated heterocycles. The van der Waals surface area contributed by atoms with Crippen molar-refractivity contribution in [2.24, 2.45) is 0 Å². The third kappa shape index (κ3) is 5.52. The summed E-state index contributed by atoms with van der Waals surface area (Å²) < 4.78 is 10.5. The zero-order chi connectivity index (χ0) is 19.9. The van der Waals surface area contributed by atoms with Gasteiger partial charge in [-0.25, -0.2) is 0 Å². The van der Waals surface area contributed by atoms with Crippen LogP contribution in [0.5, 0.6) is 11.5 Å². The van der Waals surface area contributed by atoms with Gasteiger partial charge < -0.3 is 0 Å². The number of hydrogen-bond donors (Lipinski definition) is 0. The second-order valence-corrected chi connectivity index (χ2v) is 10.1. The van der Waals surface area contributed by atoms with Crippen molar-refractivity contribution >= 4 is 11.8 Å². The number of ether oxygens (including phenoxy) is 1. The molecule has 1 aromatic heterocycles. The summed E-state index contributed by atoms with van der Waals surface area (Å²) >= 11 is 1.47. The Morgan fingerprint density at radius 3 is 2.59 bits per heavy atom. The molecule has 1 aliphatic rings. The van der Waals surface area contributed by atoms with Gasteiger partial charge in [-0.05, 0) is 0 Å². The van der Waals surface area contributed by atoms with Crippen LogP contribution in [0.4, 0.5) is 0 Å². The summed E-state index contributed by atoms with van der Waals surface area (Å²) in [6.07, 6.45) is 7.96. The molecule has 146 valence electrons. The second-order valence-electron chi connectivity index (χ2n) is 6.43. The predicted octanol–water partition coefficient (Wildman–Crippen LogP) is 2.06. The molecule has 3 aromatic rings. The molecule has 0 unspecified atom stereocenters. The Morgan fingerprint density at radius 1 is 1.07 bits per heavy atom. The number of imidazole rings is 1. The fourth-order valence-electron chi connectivity index (χ4n) is 2.78. The molecule has 0 saturated carbocycles. The zero-order valence-electron chi connectivity index (χ0n) is 15.7. The van der Waals surface area contributed by atoms with Gasteiger partial charge in [-0.3, -0.25) is 0 Å². The topological polar surface area (TPSA) is 50.8 Å². The van der Waals surface area contributed by atoms with Crippen molar-refractivity contribution in [3.05, 3.63) is 99.0 Å². The van der Waals surface area contributed by atoms with Crippen LogP contribution >= 0.6 is 11.8 Å². The number of allylic oxidation sites excluding steroid dienone is 3. The average molecular weight is 512 g/mol. The molecule has 0 N–H and O–H groups in total. The van der Waals surface area contributed by atoms with Gasteiger partial charge in [0, 0.05) is 0 Å². The minimum absolute atomic E-state index is 0.158. The van der Waals surface area contributed by atoms with Gasteiger partial charge in [0.2, 0.25) is 0 Å². The Bertz CT molecular complexity index is 1070. The quantitative estimate of drug-likeness (QED) is 0.360. The summed E-state index contributed by atoms with van der Waals surface area (Å²) in [4.78, 5) is 5.17. The van der Waals surface area contributed by atoms with E-state index in [1.807, 2.05) is 61.1 Å². The predicted molar refractivity (Wildman–Crippen MR) is 112 cm³/mol. The number of nitriles is 1. The fraction of sp³-hybridized carbons (Fsp3) is 0.130. The van der Waals surface area contributed by atoms with Crippen LogP contribution in [-0.4, -0.2) is 19.7 Å². The number of aromatic nitrogens is 2. The molecular weight excluding hydrogens is 493 g/mol. The Kier molecular flexibility index (Phi) is 6.70. The number of thioether (sulfide) groups is 1. The first-order chi connectivity index (χ1) is 14.3. The summed E-state index contributed by atoms with van der Waals surface area (Å²) in [5, 5.41) is 8.94. The van der Waals surface area contributed by atoms with Gasteiger partial charge in [0.15, 0.2) is 0 Å². The molecule has 0 amide bonds. The molecule has 4 nitrogen and oxygen atoms in total. The van der Waals surface area contributed by atoms with Gasteiger partial charge >= 0.3 is 186 Å². The first-order valence-corrected chi connectivity index (χ1v) is 12.7. The Hall–Kier alpha value is -2.50. The number of rotatable bonds is 7. The van der Waals surface area contributed by atoms with E-state index in [1.165, 1.54) is 14.8 Å². The average Bonchev–Trinajstić information content (AvgIpc) is 3.21. The molecule has 2 heterocycles. The Labute approximate surface area is 185 Å². The van der Waals surface area contributed by atoms with Gasteiger partial charge in [0.25, 0.3) is 0 Å². The number of hydrogen-bond acceptors (Lipinski definition) is 4. The van der Waals surface area contributed by atoms with Crippen LogP contribution in [0.25, 0.3) is 0 Å². The third-order valence-corrected chi connectivity index (χ3v) is 8.38. The normalized spacial score (nSPS) is 13.5. The number of benzene rings is 2. The summed E-state index contributed by atoms with van der Waals surface area (Å²) in [5.41, 5.74) is 2.64. The van der Waals surface area contributed by atoms with E-state index in [2.05, 4.69) is 33.8 Å². The van der Waals surface area contributed by atoms with Gasteiger partial charge in [-0.15, -0.1) is 0 Å². The van der Waals surface area contributed by atoms with Gasteiger partial charge in [-0.2, -0.15) is 0 Å². The molecule has 0 atom stereocenters. The van der Waals surface area contributed by atoms with Crippen molar-refractivity contribution in [1.82, 2.24) is 9.55 Å². The van der Waals surface area contributed by atoms with Crippen molar-refractivity contribution in [2.75, 3.05) is 10.2 Å². The number of halogens is 1. The van der Waals surface area contributed by atoms with Crippen LogP contribution < -0.4 is 25.9 Å². The van der Waals surface area contributed by atoms with Crippen molar-refractivity contribution in [3.63, 3.8) is 0 Å². The molecule has 6 heteroatoms. The molecule has 0 spiro atoms. The molecule has 0 aliphatic carbocycles. The molecular formula is C23H19IN3OS-. The van der Waals surface area contributed by atoms with Crippen LogP contribution in [0.1, 0.15) is 5.56 Å². The molecule has 1 aliphatic heterocycles. The van der Waals surface area contributed by atoms with Gasteiger partial charge in [-0.1, -0.05) is 0 Å². The van der Waals surface area contributed by atoms with E-state index < -0.39 is 0 Å². The van der Waals surface area contributed by atoms with Crippen molar-refractivity contribution in [3.8, 4) is 17.6 Å². The van der Waals surface area contributed by atoms with Crippen molar-refractivity contribution in [1.29, 1.82) is 5.26 Å². The maximum atomic E-state index is 8.94. The van der Waals surface area contributed by atoms with Crippen molar-refractivity contribution < 1.29 is 25.9 Å². The van der Waals surface area contributed by atoms with Crippen molar-refractivity contribution in [2.45, 2.75) is 6.54 Å². The maximum absolute atomic E-state index is 8.94. The summed E-state index contributed by atoms with van der Waals surface area (Å²) in [6, 6.07) is 20.3. The SMILES string of the molecule is N#CC1=CC=C(C[I-]c2cncn2Cc2ccc(Oc3ccccc3)cc2)CS1. The zero-order valence-corrected chi connectivity index (χ0v) is 18.6. The van der Waals surface area contributed by atoms with Gasteiger partial charge in [0.05, 0.1) is 0 Å². The Balaban J connectivity index is 1.36. The first kappa shape index (κ1) is 19.8. The fourth-order valence-corrected chi connectivity index (χ4v) is 6.41. The molecule has 0 radical (unpaired) electrons. The van der Waals surface area contributed by atoms with E-state index in [4.69, 9.17) is 10.00 Å². The van der Waals surface area contributed by atoms with Crippen LogP contribution in [0, 0.1) is 15.0 Å². The number of alkyl halides is 1. The molecule has 4 rings (SSSR count). The first-order valence-electron chi connectivity index (χ1n) is 9.14. The van der Waals surface area contributed by atoms with E-state index in [9.17, 15) is 0 Å². The molecule has 29 heavy (non-hydrogen) atoms. The van der Waals surface area contributed by atoms with Crippen LogP contribution in [0.3, 0.4) is 0 Å². The third-order valence-electron chi connectivity index (χ3n) is 4.29. The van der Waals surface area contributed by atoms with E-state index in [0.717, 1.165) is 33.1 Å². The van der Waals surface area contributed by atoms with Crippen LogP contribution in [-0.2, 0) is 6.54 Å². The Morgan fingerprint density at radius 2 is 1.86 bits per heavy atom. The van der Waals surface area contributed by atoms with Crippen LogP contribution in [0.2, 0.25) is 0 Å². The summed E-state index contributed by atoms with van der Waals surface area (Å²) in [5.74, 6) is 2.61. The van der Waals surface area contributed by atoms with Crippen LogP contribution in [0.15, 0.2) is 89.8 Å². The number of nitrogens with zero attached hydrogens (tertiary/aromatic N) is 3. The standard InChI is InChI=1S/C23H19IN3OS/c25-13-22-11-8-19(16-29-22)12-24-23-14-26-17-27(23)15-18-6-9-21(10-7-18)28-20-4-2-1-3-5-20/h1-11,14,17H,12,15-16H2/q-1. The molecule has 0 bridgehead atoms. The molecule has 0 fully saturated rings. The van der Waals surface area contributed by atoms with Gasteiger partial charge in [0.1, 0.15) is 0 Å². The minimum atomic E-state index is -0.158. The monoisotopic (exact) mass is 512 g/mol. The van der Waals surface area contributed by atoms with E-state index >= 15 is 0 Å². The van der Waals surface area contributed by atoms with E-state index in [-0.39, 0.29) is 21.2 Å². The molecule has 2 aromatic carbocycles. The number of para-hydroxylation sites is 1. The summed E-state index contributed by atoms with van der Waals surface area (Å²) in [7, 11) is 0. The second kappa shape index (κ2) is 9.81.